The van der Waals surface area contributed by atoms with Gasteiger partial charge in [0.05, 0.1) is 22.4 Å². The number of nitrogens with zero attached hydrogens (tertiary/aromatic N) is 4. The van der Waals surface area contributed by atoms with Gasteiger partial charge in [0.15, 0.2) is 0 Å². The van der Waals surface area contributed by atoms with Gasteiger partial charge in [-0.15, -0.1) is 16.9 Å². The molecule has 2 aliphatic carbocycles. The van der Waals surface area contributed by atoms with Crippen molar-refractivity contribution in [1.29, 1.82) is 0 Å². The molecule has 0 radical (unpaired) electrons. The van der Waals surface area contributed by atoms with Crippen LogP contribution >= 0.6 is 23.5 Å². The molecule has 29 heavy (non-hydrogen) atoms. The second kappa shape index (κ2) is 8.71. The number of amides is 1. The van der Waals surface area contributed by atoms with E-state index in [2.05, 4.69) is 33.6 Å². The minimum absolute atomic E-state index is 0.0808. The van der Waals surface area contributed by atoms with Crippen LogP contribution in [0.2, 0.25) is 0 Å². The number of allylic oxidation sites excluding steroid dienone is 2. The second-order valence-electron chi connectivity index (χ2n) is 7.24. The molecular weight excluding hydrogens is 404 g/mol. The van der Waals surface area contributed by atoms with E-state index in [1.165, 1.54) is 5.57 Å². The van der Waals surface area contributed by atoms with Crippen LogP contribution in [0.1, 0.15) is 32.6 Å². The number of nitrogens with two attached hydrogens (primary N) is 1. The molecule has 3 atom stereocenters. The van der Waals surface area contributed by atoms with Crippen LogP contribution in [-0.4, -0.2) is 39.2 Å². The molecule has 4 aliphatic rings. The normalized spacial score (nSPS) is 31.1. The Bertz CT molecular complexity index is 901. The summed E-state index contributed by atoms with van der Waals surface area (Å²) in [6.07, 6.45) is 13.6. The van der Waals surface area contributed by atoms with E-state index in [1.54, 1.807) is 23.5 Å². The van der Waals surface area contributed by atoms with Gasteiger partial charge in [0.2, 0.25) is 5.17 Å². The monoisotopic (exact) mass is 428 g/mol. The summed E-state index contributed by atoms with van der Waals surface area (Å²) in [4.78, 5) is 22.2. The Hall–Kier alpha value is -2.13. The standard InChI is InChI=1S/C20H24N6OS2/c1-2-20(8-9-28-19(24-20)25-26-21)14-5-3-4-13(10-14)18(27)23-15-6-7-16-17(11-15)29-12-22-16/h4,6-7,10-12,16-17H,2-3,5,8-9H2,1H3,(H,23,27)(H2,21,24,25). The first-order chi connectivity index (χ1) is 14.1. The summed E-state index contributed by atoms with van der Waals surface area (Å²) in [5.74, 6) is 6.05. The van der Waals surface area contributed by atoms with Crippen LogP contribution in [0.25, 0.3) is 0 Å². The predicted molar refractivity (Wildman–Crippen MR) is 121 cm³/mol. The minimum atomic E-state index is -0.330. The highest BCUT2D eigenvalue weighted by Crippen LogP contribution is 2.40. The van der Waals surface area contributed by atoms with Crippen LogP contribution in [0, 0.1) is 0 Å². The Labute approximate surface area is 178 Å². The van der Waals surface area contributed by atoms with E-state index in [0.29, 0.717) is 10.7 Å². The summed E-state index contributed by atoms with van der Waals surface area (Å²) in [5, 5.41) is 11.3. The molecule has 0 fully saturated rings. The SMILES string of the molecule is CCC1(C2=CC(C(=O)NC3=CC4SC=NC4C=C3)=CCC2)CCSC(N=NN)=N1. The first-order valence-corrected chi connectivity index (χ1v) is 11.7. The van der Waals surface area contributed by atoms with E-state index in [4.69, 9.17) is 10.8 Å². The Balaban J connectivity index is 1.52. The van der Waals surface area contributed by atoms with Crippen molar-refractivity contribution in [3.8, 4) is 0 Å². The molecule has 0 saturated heterocycles. The van der Waals surface area contributed by atoms with Gasteiger partial charge >= 0.3 is 0 Å². The molecule has 1 amide bonds. The van der Waals surface area contributed by atoms with Gasteiger partial charge in [-0.3, -0.25) is 9.79 Å². The highest BCUT2D eigenvalue weighted by molar-refractivity contribution is 8.14. The zero-order chi connectivity index (χ0) is 20.3. The fraction of sp³-hybridized carbons (Fsp3) is 0.450. The van der Waals surface area contributed by atoms with Gasteiger partial charge < -0.3 is 11.2 Å². The third-order valence-electron chi connectivity index (χ3n) is 5.61. The minimum Gasteiger partial charge on any atom is -0.322 e. The lowest BCUT2D eigenvalue weighted by atomic mass is 9.79. The van der Waals surface area contributed by atoms with Crippen molar-refractivity contribution in [2.75, 3.05) is 5.75 Å². The average molecular weight is 429 g/mol. The maximum atomic E-state index is 12.9. The molecule has 3 unspecified atom stereocenters. The molecule has 9 heteroatoms. The predicted octanol–water partition coefficient (Wildman–Crippen LogP) is 3.68. The number of hydrogen-bond donors (Lipinski definition) is 2. The van der Waals surface area contributed by atoms with Crippen LogP contribution < -0.4 is 11.2 Å². The molecule has 4 rings (SSSR count). The highest BCUT2D eigenvalue weighted by atomic mass is 32.2. The molecule has 3 N–H and O–H groups in total. The average Bonchev–Trinajstić information content (AvgIpc) is 3.22. The number of carbonyl (C=O) groups excluding carboxylic acids is 1. The van der Waals surface area contributed by atoms with Crippen molar-refractivity contribution in [3.05, 3.63) is 47.2 Å². The largest absolute Gasteiger partial charge is 0.322 e. The van der Waals surface area contributed by atoms with Gasteiger partial charge in [-0.1, -0.05) is 36.1 Å². The molecule has 2 heterocycles. The molecular formula is C20H24N6OS2. The lowest BCUT2D eigenvalue weighted by molar-refractivity contribution is -0.116. The molecule has 0 aromatic carbocycles. The van der Waals surface area contributed by atoms with Crippen LogP contribution in [-0.2, 0) is 4.79 Å². The summed E-state index contributed by atoms with van der Waals surface area (Å²) in [6, 6.07) is 0.187. The maximum Gasteiger partial charge on any atom is 0.255 e. The number of carbonyl (C=O) groups is 1. The van der Waals surface area contributed by atoms with Crippen molar-refractivity contribution in [1.82, 2.24) is 5.32 Å². The second-order valence-corrected chi connectivity index (χ2v) is 9.33. The third-order valence-corrected chi connectivity index (χ3v) is 7.43. The van der Waals surface area contributed by atoms with Crippen molar-refractivity contribution in [2.24, 2.45) is 26.2 Å². The summed E-state index contributed by atoms with van der Waals surface area (Å²) >= 11 is 3.25. The first kappa shape index (κ1) is 20.2. The molecule has 0 aromatic rings. The van der Waals surface area contributed by atoms with Gasteiger partial charge in [0.1, 0.15) is 0 Å². The van der Waals surface area contributed by atoms with Crippen LogP contribution in [0.4, 0.5) is 0 Å². The third kappa shape index (κ3) is 4.25. The number of rotatable bonds is 4. The van der Waals surface area contributed by atoms with Gasteiger partial charge in [0, 0.05) is 17.0 Å². The first-order valence-electron chi connectivity index (χ1n) is 9.77. The number of hydrogen-bond acceptors (Lipinski definition) is 7. The fourth-order valence-corrected chi connectivity index (χ4v) is 5.85. The number of aliphatic imine (C=N–C) groups is 2. The van der Waals surface area contributed by atoms with E-state index in [0.717, 1.165) is 37.1 Å². The summed E-state index contributed by atoms with van der Waals surface area (Å²) in [6.45, 7) is 2.13. The molecule has 0 saturated carbocycles. The van der Waals surface area contributed by atoms with Crippen LogP contribution in [0.3, 0.4) is 0 Å². The van der Waals surface area contributed by atoms with E-state index in [-0.39, 0.29) is 22.7 Å². The molecule has 7 nitrogen and oxygen atoms in total. The lowest BCUT2D eigenvalue weighted by Gasteiger charge is -2.35. The Morgan fingerprint density at radius 3 is 3.21 bits per heavy atom. The van der Waals surface area contributed by atoms with E-state index in [9.17, 15) is 4.79 Å². The van der Waals surface area contributed by atoms with Crippen molar-refractivity contribution in [3.63, 3.8) is 0 Å². The van der Waals surface area contributed by atoms with Gasteiger partial charge in [0.25, 0.3) is 5.91 Å². The summed E-state index contributed by atoms with van der Waals surface area (Å²) < 4.78 is 0. The lowest BCUT2D eigenvalue weighted by Crippen LogP contribution is -2.35. The quantitative estimate of drug-likeness (QED) is 0.405. The summed E-state index contributed by atoms with van der Waals surface area (Å²) in [7, 11) is 0. The Morgan fingerprint density at radius 2 is 2.38 bits per heavy atom. The number of nitrogens with one attached hydrogen (secondary N) is 1. The smallest absolute Gasteiger partial charge is 0.255 e. The number of fused-ring (bicyclic) bond motifs is 1. The van der Waals surface area contributed by atoms with Gasteiger partial charge in [-0.2, -0.15) is 0 Å². The molecule has 0 bridgehead atoms. The molecule has 0 aromatic heterocycles. The molecule has 152 valence electrons. The number of amidine groups is 1. The van der Waals surface area contributed by atoms with E-state index >= 15 is 0 Å². The van der Waals surface area contributed by atoms with E-state index < -0.39 is 0 Å². The van der Waals surface area contributed by atoms with Crippen LogP contribution in [0.5, 0.6) is 0 Å². The maximum absolute atomic E-state index is 12.9. The number of thioether (sulfide) groups is 2. The zero-order valence-electron chi connectivity index (χ0n) is 16.2. The van der Waals surface area contributed by atoms with Gasteiger partial charge in [-0.25, -0.2) is 4.99 Å². The van der Waals surface area contributed by atoms with Gasteiger partial charge in [-0.05, 0) is 49.5 Å². The Kier molecular flexibility index (Phi) is 6.05. The Morgan fingerprint density at radius 1 is 1.48 bits per heavy atom. The van der Waals surface area contributed by atoms with Crippen molar-refractivity contribution >= 4 is 40.1 Å². The topological polar surface area (TPSA) is 105 Å². The van der Waals surface area contributed by atoms with Crippen LogP contribution in [0.15, 0.2) is 67.5 Å². The summed E-state index contributed by atoms with van der Waals surface area (Å²) in [5.41, 5.74) is 4.26. The molecule has 0 spiro atoms. The van der Waals surface area contributed by atoms with Crippen molar-refractivity contribution < 1.29 is 4.79 Å². The fourth-order valence-electron chi connectivity index (χ4n) is 3.98. The van der Waals surface area contributed by atoms with E-state index in [1.807, 2.05) is 29.9 Å². The highest BCUT2D eigenvalue weighted by Gasteiger charge is 2.36. The molecule has 2 aliphatic heterocycles. The zero-order valence-corrected chi connectivity index (χ0v) is 17.9. The van der Waals surface area contributed by atoms with Crippen molar-refractivity contribution in [2.45, 2.75) is 49.4 Å².